The quantitative estimate of drug-likeness (QED) is 0.334. The fourth-order valence-corrected chi connectivity index (χ4v) is 2.99. The molecule has 2 aromatic carbocycles. The normalized spacial score (nSPS) is 15.6. The van der Waals surface area contributed by atoms with Crippen molar-refractivity contribution in [3.8, 4) is 5.75 Å². The van der Waals surface area contributed by atoms with E-state index in [0.29, 0.717) is 20.7 Å². The topological polar surface area (TPSA) is 119 Å². The number of benzene rings is 2. The SMILES string of the molecule is COc1ccc(Br)cc1C=C1C(=O)NC(=O)N(c2cccc([N+](=O)[O-])c2)C1=O. The number of anilines is 1. The van der Waals surface area contributed by atoms with E-state index in [-0.39, 0.29) is 16.9 Å². The Bertz CT molecular complexity index is 1050. The molecular weight excluding hydrogens is 434 g/mol. The molecule has 0 unspecified atom stereocenters. The van der Waals surface area contributed by atoms with Crippen LogP contribution in [-0.4, -0.2) is 29.9 Å². The Morgan fingerprint density at radius 3 is 2.61 bits per heavy atom. The molecular formula is C18H12BrN3O6. The molecule has 3 rings (SSSR count). The first-order valence-corrected chi connectivity index (χ1v) is 8.60. The minimum absolute atomic E-state index is 0.0312. The van der Waals surface area contributed by atoms with Gasteiger partial charge in [-0.2, -0.15) is 0 Å². The number of nitrogens with one attached hydrogen (secondary N) is 1. The second-order valence-electron chi connectivity index (χ2n) is 5.62. The molecule has 10 heteroatoms. The zero-order chi connectivity index (χ0) is 20.4. The van der Waals surface area contributed by atoms with Gasteiger partial charge in [0.25, 0.3) is 17.5 Å². The number of imide groups is 2. The summed E-state index contributed by atoms with van der Waals surface area (Å²) in [6.07, 6.45) is 1.29. The number of methoxy groups -OCH3 is 1. The van der Waals surface area contributed by atoms with E-state index < -0.39 is 22.8 Å². The molecule has 0 radical (unpaired) electrons. The monoisotopic (exact) mass is 445 g/mol. The van der Waals surface area contributed by atoms with Gasteiger partial charge in [-0.1, -0.05) is 22.0 Å². The minimum Gasteiger partial charge on any atom is -0.496 e. The first-order valence-electron chi connectivity index (χ1n) is 7.81. The van der Waals surface area contributed by atoms with Crippen molar-refractivity contribution in [2.75, 3.05) is 12.0 Å². The van der Waals surface area contributed by atoms with Gasteiger partial charge in [-0.25, -0.2) is 9.69 Å². The fraction of sp³-hybridized carbons (Fsp3) is 0.0556. The Hall–Kier alpha value is -3.53. The maximum atomic E-state index is 12.9. The number of halogens is 1. The van der Waals surface area contributed by atoms with Crippen LogP contribution in [0.25, 0.3) is 6.08 Å². The highest BCUT2D eigenvalue weighted by molar-refractivity contribution is 9.10. The largest absolute Gasteiger partial charge is 0.496 e. The number of nitrogens with zero attached hydrogens (tertiary/aromatic N) is 2. The Kier molecular flexibility index (Phi) is 5.23. The highest BCUT2D eigenvalue weighted by atomic mass is 79.9. The van der Waals surface area contributed by atoms with E-state index in [9.17, 15) is 24.5 Å². The summed E-state index contributed by atoms with van der Waals surface area (Å²) >= 11 is 3.30. The highest BCUT2D eigenvalue weighted by Crippen LogP contribution is 2.28. The molecule has 142 valence electrons. The number of ether oxygens (including phenoxy) is 1. The van der Waals surface area contributed by atoms with Crippen LogP contribution in [0.4, 0.5) is 16.2 Å². The molecule has 28 heavy (non-hydrogen) atoms. The molecule has 1 N–H and O–H groups in total. The van der Waals surface area contributed by atoms with Gasteiger partial charge in [-0.3, -0.25) is 25.0 Å². The number of urea groups is 1. The molecule has 0 aromatic heterocycles. The number of carbonyl (C=O) groups excluding carboxylic acids is 3. The average molecular weight is 446 g/mol. The van der Waals surface area contributed by atoms with Crippen LogP contribution < -0.4 is 15.0 Å². The summed E-state index contributed by atoms with van der Waals surface area (Å²) in [6.45, 7) is 0. The summed E-state index contributed by atoms with van der Waals surface area (Å²) in [6, 6.07) is 9.01. The summed E-state index contributed by atoms with van der Waals surface area (Å²) in [7, 11) is 1.44. The molecule has 1 aliphatic rings. The van der Waals surface area contributed by atoms with Gasteiger partial charge in [0.2, 0.25) is 0 Å². The van der Waals surface area contributed by atoms with Crippen LogP contribution in [0.3, 0.4) is 0 Å². The first-order chi connectivity index (χ1) is 13.3. The molecule has 1 aliphatic heterocycles. The molecule has 1 heterocycles. The number of barbiturate groups is 1. The summed E-state index contributed by atoms with van der Waals surface area (Å²) in [5, 5.41) is 13.0. The minimum atomic E-state index is -0.992. The molecule has 0 atom stereocenters. The van der Waals surface area contributed by atoms with Crippen molar-refractivity contribution in [1.82, 2.24) is 5.32 Å². The van der Waals surface area contributed by atoms with Crippen molar-refractivity contribution in [3.05, 3.63) is 68.2 Å². The van der Waals surface area contributed by atoms with Gasteiger partial charge in [0, 0.05) is 22.2 Å². The summed E-state index contributed by atoms with van der Waals surface area (Å²) < 4.78 is 5.91. The number of non-ortho nitro benzene ring substituents is 1. The van der Waals surface area contributed by atoms with Gasteiger partial charge < -0.3 is 4.74 Å². The summed E-state index contributed by atoms with van der Waals surface area (Å²) in [5.41, 5.74) is -0.211. The van der Waals surface area contributed by atoms with Crippen molar-refractivity contribution >= 4 is 51.2 Å². The van der Waals surface area contributed by atoms with E-state index in [4.69, 9.17) is 4.74 Å². The maximum absolute atomic E-state index is 12.9. The molecule has 1 saturated heterocycles. The Balaban J connectivity index is 2.07. The predicted molar refractivity (Wildman–Crippen MR) is 103 cm³/mol. The lowest BCUT2D eigenvalue weighted by Crippen LogP contribution is -2.54. The number of nitro groups is 1. The molecule has 0 aliphatic carbocycles. The second-order valence-corrected chi connectivity index (χ2v) is 6.54. The lowest BCUT2D eigenvalue weighted by Gasteiger charge is -2.26. The third kappa shape index (κ3) is 3.62. The molecule has 0 saturated carbocycles. The maximum Gasteiger partial charge on any atom is 0.335 e. The van der Waals surface area contributed by atoms with Gasteiger partial charge >= 0.3 is 6.03 Å². The Morgan fingerprint density at radius 1 is 1.18 bits per heavy atom. The van der Waals surface area contributed by atoms with Gasteiger partial charge in [0.05, 0.1) is 17.7 Å². The molecule has 4 amide bonds. The van der Waals surface area contributed by atoms with Crippen molar-refractivity contribution in [3.63, 3.8) is 0 Å². The van der Waals surface area contributed by atoms with E-state index in [2.05, 4.69) is 21.2 Å². The third-order valence-electron chi connectivity index (χ3n) is 3.89. The van der Waals surface area contributed by atoms with E-state index >= 15 is 0 Å². The zero-order valence-electron chi connectivity index (χ0n) is 14.3. The van der Waals surface area contributed by atoms with E-state index in [1.54, 1.807) is 18.2 Å². The van der Waals surface area contributed by atoms with Crippen LogP contribution in [-0.2, 0) is 9.59 Å². The molecule has 0 spiro atoms. The number of carbonyl (C=O) groups is 3. The molecule has 9 nitrogen and oxygen atoms in total. The van der Waals surface area contributed by atoms with Gasteiger partial charge in [0.1, 0.15) is 11.3 Å². The van der Waals surface area contributed by atoms with Crippen LogP contribution in [0.2, 0.25) is 0 Å². The summed E-state index contributed by atoms with van der Waals surface area (Å²) in [5.74, 6) is -1.37. The van der Waals surface area contributed by atoms with Gasteiger partial charge in [0.15, 0.2) is 0 Å². The van der Waals surface area contributed by atoms with Crippen molar-refractivity contribution in [1.29, 1.82) is 0 Å². The van der Waals surface area contributed by atoms with Crippen LogP contribution in [0.15, 0.2) is 52.5 Å². The molecule has 2 aromatic rings. The summed E-state index contributed by atoms with van der Waals surface area (Å²) in [4.78, 5) is 48.3. The van der Waals surface area contributed by atoms with Crippen LogP contribution in [0.5, 0.6) is 5.75 Å². The highest BCUT2D eigenvalue weighted by Gasteiger charge is 2.37. The fourth-order valence-electron chi connectivity index (χ4n) is 2.61. The number of nitro benzene ring substituents is 1. The van der Waals surface area contributed by atoms with Crippen molar-refractivity contribution in [2.45, 2.75) is 0 Å². The van der Waals surface area contributed by atoms with E-state index in [1.807, 2.05) is 0 Å². The third-order valence-corrected chi connectivity index (χ3v) is 4.39. The second kappa shape index (κ2) is 7.61. The molecule has 1 fully saturated rings. The standard InChI is InChI=1S/C18H12BrN3O6/c1-28-15-6-5-11(19)7-10(15)8-14-16(23)20-18(25)21(17(14)24)12-3-2-4-13(9-12)22(26)27/h2-9H,1H3,(H,20,23,25). The average Bonchev–Trinajstić information content (AvgIpc) is 2.65. The lowest BCUT2D eigenvalue weighted by molar-refractivity contribution is -0.384. The molecule has 0 bridgehead atoms. The number of hydrogen-bond donors (Lipinski definition) is 1. The number of hydrogen-bond acceptors (Lipinski definition) is 6. The Morgan fingerprint density at radius 2 is 1.93 bits per heavy atom. The van der Waals surface area contributed by atoms with Gasteiger partial charge in [-0.05, 0) is 30.3 Å². The van der Waals surface area contributed by atoms with Gasteiger partial charge in [-0.15, -0.1) is 0 Å². The van der Waals surface area contributed by atoms with Crippen LogP contribution in [0.1, 0.15) is 5.56 Å². The smallest absolute Gasteiger partial charge is 0.335 e. The predicted octanol–water partition coefficient (Wildman–Crippen LogP) is 3.03. The van der Waals surface area contributed by atoms with Crippen molar-refractivity contribution < 1.29 is 24.0 Å². The Labute approximate surface area is 166 Å². The number of rotatable bonds is 4. The van der Waals surface area contributed by atoms with Crippen LogP contribution >= 0.6 is 15.9 Å². The van der Waals surface area contributed by atoms with Crippen molar-refractivity contribution in [2.24, 2.45) is 0 Å². The van der Waals surface area contributed by atoms with E-state index in [1.165, 1.54) is 31.4 Å². The van der Waals surface area contributed by atoms with Crippen LogP contribution in [0, 0.1) is 10.1 Å². The zero-order valence-corrected chi connectivity index (χ0v) is 15.9. The first kappa shape index (κ1) is 19.2. The van der Waals surface area contributed by atoms with E-state index in [0.717, 1.165) is 6.07 Å². The number of amides is 4. The lowest BCUT2D eigenvalue weighted by atomic mass is 10.1.